The van der Waals surface area contributed by atoms with Crippen molar-refractivity contribution >= 4 is 17.7 Å². The third-order valence-electron chi connectivity index (χ3n) is 8.76. The topological polar surface area (TPSA) is 38.9 Å². The van der Waals surface area contributed by atoms with E-state index in [0.717, 1.165) is 22.4 Å². The highest BCUT2D eigenvalue weighted by molar-refractivity contribution is 6.75. The molecule has 0 radical (unpaired) electrons. The Morgan fingerprint density at radius 3 is 1.85 bits per heavy atom. The van der Waals surface area contributed by atoms with Crippen LogP contribution in [0.3, 0.4) is 0 Å². The molecule has 0 aliphatic rings. The Kier molecular flexibility index (Phi) is 8.64. The molecule has 0 amide bonds. The molecule has 0 bridgehead atoms. The third kappa shape index (κ3) is 6.37. The fraction of sp³-hybridized carbons (Fsp3) is 0.216. The summed E-state index contributed by atoms with van der Waals surface area (Å²) in [5, 5.41) is 0.0949. The van der Waals surface area contributed by atoms with E-state index >= 15 is 0 Å². The largest absolute Gasteiger partial charge is 0.405 e. The van der Waals surface area contributed by atoms with Gasteiger partial charge in [0.05, 0.1) is 5.69 Å². The second-order valence-electron chi connectivity index (χ2n) is 12.2. The van der Waals surface area contributed by atoms with Crippen molar-refractivity contribution in [2.24, 2.45) is 11.1 Å². The second kappa shape index (κ2) is 12.0. The summed E-state index contributed by atoms with van der Waals surface area (Å²) >= 11 is 0. The summed E-state index contributed by atoms with van der Waals surface area (Å²) in [6.07, 6.45) is 9.04. The summed E-state index contributed by atoms with van der Waals surface area (Å²) in [5.41, 5.74) is 15.9. The van der Waals surface area contributed by atoms with Gasteiger partial charge in [-0.25, -0.2) is 0 Å². The van der Waals surface area contributed by atoms with Crippen molar-refractivity contribution in [1.29, 1.82) is 0 Å². The Labute approximate surface area is 241 Å². The number of rotatable bonds is 8. The first-order valence-corrected chi connectivity index (χ1v) is 14.0. The van der Waals surface area contributed by atoms with Gasteiger partial charge in [0.1, 0.15) is 0 Å². The quantitative estimate of drug-likeness (QED) is 0.184. The molecular formula is C37H41BN2. The molecule has 0 fully saturated rings. The zero-order chi connectivity index (χ0) is 28.9. The van der Waals surface area contributed by atoms with E-state index in [9.17, 15) is 0 Å². The molecule has 0 saturated heterocycles. The Bertz CT molecular complexity index is 1500. The molecule has 2 N–H and O–H groups in total. The monoisotopic (exact) mass is 524 g/mol. The Balaban J connectivity index is 1.77. The Morgan fingerprint density at radius 2 is 1.32 bits per heavy atom. The van der Waals surface area contributed by atoms with Crippen molar-refractivity contribution in [3.8, 4) is 33.5 Å². The van der Waals surface area contributed by atoms with Crippen LogP contribution in [0.15, 0.2) is 122 Å². The van der Waals surface area contributed by atoms with Crippen molar-refractivity contribution < 1.29 is 0 Å². The molecule has 40 heavy (non-hydrogen) atoms. The maximum atomic E-state index is 5.45. The van der Waals surface area contributed by atoms with Crippen molar-refractivity contribution in [3.63, 3.8) is 0 Å². The molecule has 1 aromatic heterocycles. The summed E-state index contributed by atoms with van der Waals surface area (Å²) in [6.45, 7) is 18.7. The zero-order valence-electron chi connectivity index (χ0n) is 24.8. The first-order chi connectivity index (χ1) is 19.0. The van der Waals surface area contributed by atoms with Gasteiger partial charge in [-0.1, -0.05) is 132 Å². The van der Waals surface area contributed by atoms with Crippen LogP contribution in [0.5, 0.6) is 0 Å². The lowest BCUT2D eigenvalue weighted by molar-refractivity contribution is 0.296. The zero-order valence-corrected chi connectivity index (χ0v) is 24.8. The SMILES string of the molecule is C=C(/C=C\C=C/N)c1ccc(-c2cc(B(C)C(C)(C)C(C)(C)C)cc(-c3ccc(-c4ccccn4)cc3)c2)cc1. The predicted molar refractivity (Wildman–Crippen MR) is 177 cm³/mol. The number of benzene rings is 3. The smallest absolute Gasteiger partial charge is 0.179 e. The molecular weight excluding hydrogens is 483 g/mol. The number of hydrogen-bond donors (Lipinski definition) is 1. The molecule has 0 unspecified atom stereocenters. The van der Waals surface area contributed by atoms with Gasteiger partial charge in [-0.2, -0.15) is 0 Å². The van der Waals surface area contributed by atoms with Crippen LogP contribution in [-0.2, 0) is 0 Å². The molecule has 2 nitrogen and oxygen atoms in total. The molecule has 202 valence electrons. The van der Waals surface area contributed by atoms with Crippen molar-refractivity contribution in [3.05, 3.63) is 128 Å². The van der Waals surface area contributed by atoms with Gasteiger partial charge in [0, 0.05) is 11.8 Å². The van der Waals surface area contributed by atoms with Crippen LogP contribution in [-0.4, -0.2) is 11.7 Å². The Hall–Kier alpha value is -4.11. The van der Waals surface area contributed by atoms with E-state index < -0.39 is 0 Å². The lowest BCUT2D eigenvalue weighted by Crippen LogP contribution is -2.44. The molecule has 3 aromatic carbocycles. The molecule has 0 aliphatic carbocycles. The van der Waals surface area contributed by atoms with Crippen LogP contribution in [0, 0.1) is 5.41 Å². The average molecular weight is 525 g/mol. The van der Waals surface area contributed by atoms with Crippen LogP contribution in [0.2, 0.25) is 12.1 Å². The van der Waals surface area contributed by atoms with Crippen LogP contribution >= 0.6 is 0 Å². The van der Waals surface area contributed by atoms with Gasteiger partial charge in [-0.15, -0.1) is 0 Å². The van der Waals surface area contributed by atoms with Crippen molar-refractivity contribution in [2.75, 3.05) is 0 Å². The van der Waals surface area contributed by atoms with Crippen molar-refractivity contribution in [2.45, 2.75) is 46.8 Å². The number of nitrogens with two attached hydrogens (primary N) is 1. The van der Waals surface area contributed by atoms with Gasteiger partial charge in [0.25, 0.3) is 0 Å². The summed E-state index contributed by atoms with van der Waals surface area (Å²) < 4.78 is 0. The molecule has 0 atom stereocenters. The van der Waals surface area contributed by atoms with E-state index in [4.69, 9.17) is 5.73 Å². The minimum atomic E-state index is 0.0949. The number of pyridine rings is 1. The highest BCUT2D eigenvalue weighted by Crippen LogP contribution is 2.47. The molecule has 0 aliphatic heterocycles. The summed E-state index contributed by atoms with van der Waals surface area (Å²) in [6, 6.07) is 30.5. The predicted octanol–water partition coefficient (Wildman–Crippen LogP) is 9.28. The van der Waals surface area contributed by atoms with Crippen molar-refractivity contribution in [1.82, 2.24) is 4.98 Å². The molecule has 4 rings (SSSR count). The Morgan fingerprint density at radius 1 is 0.750 bits per heavy atom. The van der Waals surface area contributed by atoms with Crippen LogP contribution in [0.1, 0.15) is 40.2 Å². The lowest BCUT2D eigenvalue weighted by atomic mass is 9.27. The maximum Gasteiger partial charge on any atom is 0.179 e. The van der Waals surface area contributed by atoms with E-state index in [0.29, 0.717) is 6.71 Å². The van der Waals surface area contributed by atoms with Crippen LogP contribution < -0.4 is 11.2 Å². The number of nitrogens with zero attached hydrogens (tertiary/aromatic N) is 1. The highest BCUT2D eigenvalue weighted by atomic mass is 14.7. The molecule has 0 saturated carbocycles. The van der Waals surface area contributed by atoms with Gasteiger partial charge in [-0.05, 0) is 74.6 Å². The van der Waals surface area contributed by atoms with Gasteiger partial charge >= 0.3 is 0 Å². The summed E-state index contributed by atoms with van der Waals surface area (Å²) in [4.78, 5) is 4.51. The average Bonchev–Trinajstić information content (AvgIpc) is 2.96. The molecule has 3 heteroatoms. The van der Waals surface area contributed by atoms with Gasteiger partial charge in [0.2, 0.25) is 0 Å². The summed E-state index contributed by atoms with van der Waals surface area (Å²) in [7, 11) is 0. The highest BCUT2D eigenvalue weighted by Gasteiger charge is 2.40. The van der Waals surface area contributed by atoms with Crippen LogP contribution in [0.4, 0.5) is 0 Å². The standard InChI is InChI=1S/C37H41BN2/c1-27(12-8-10-22-39)28-14-16-29(17-15-28)32-24-33(26-34(25-32)38(7)37(5,6)36(2,3)4)30-18-20-31(21-19-30)35-13-9-11-23-40-35/h8-26H,1,39H2,2-7H3/b12-8-,22-10-. The van der Waals surface area contributed by atoms with E-state index in [1.807, 2.05) is 36.5 Å². The third-order valence-corrected chi connectivity index (χ3v) is 8.76. The van der Waals surface area contributed by atoms with Gasteiger partial charge in [0.15, 0.2) is 6.71 Å². The van der Waals surface area contributed by atoms with E-state index in [-0.39, 0.29) is 10.7 Å². The van der Waals surface area contributed by atoms with E-state index in [1.165, 1.54) is 33.9 Å². The van der Waals surface area contributed by atoms with Gasteiger partial charge < -0.3 is 5.73 Å². The number of hydrogen-bond acceptors (Lipinski definition) is 2. The van der Waals surface area contributed by atoms with Gasteiger partial charge in [-0.3, -0.25) is 4.98 Å². The number of allylic oxidation sites excluding steroid dienone is 4. The fourth-order valence-electron chi connectivity index (χ4n) is 4.88. The van der Waals surface area contributed by atoms with E-state index in [1.54, 1.807) is 6.08 Å². The lowest BCUT2D eigenvalue weighted by Gasteiger charge is -2.43. The minimum absolute atomic E-state index is 0.0949. The maximum absolute atomic E-state index is 5.45. The first kappa shape index (κ1) is 28.9. The normalized spacial score (nSPS) is 12.2. The minimum Gasteiger partial charge on any atom is -0.405 e. The molecule has 1 heterocycles. The number of aromatic nitrogens is 1. The molecule has 0 spiro atoms. The summed E-state index contributed by atoms with van der Waals surface area (Å²) in [5.74, 6) is 0. The fourth-order valence-corrected chi connectivity index (χ4v) is 4.88. The second-order valence-corrected chi connectivity index (χ2v) is 12.2. The van der Waals surface area contributed by atoms with E-state index in [2.05, 4.69) is 120 Å². The first-order valence-electron chi connectivity index (χ1n) is 14.0. The molecule has 4 aromatic rings. The van der Waals surface area contributed by atoms with Crippen LogP contribution in [0.25, 0.3) is 39.1 Å².